The van der Waals surface area contributed by atoms with E-state index < -0.39 is 11.4 Å². The van der Waals surface area contributed by atoms with Crippen LogP contribution < -0.4 is 5.32 Å². The van der Waals surface area contributed by atoms with Crippen LogP contribution >= 0.6 is 0 Å². The van der Waals surface area contributed by atoms with Crippen molar-refractivity contribution >= 4 is 12.0 Å². The first-order valence-electron chi connectivity index (χ1n) is 7.46. The Labute approximate surface area is 120 Å². The van der Waals surface area contributed by atoms with Gasteiger partial charge >= 0.3 is 12.0 Å². The Kier molecular flexibility index (Phi) is 4.52. The number of hydrogen-bond acceptors (Lipinski definition) is 3. The second kappa shape index (κ2) is 5.99. The Hall–Kier alpha value is -1.30. The predicted octanol–water partition coefficient (Wildman–Crippen LogP) is 0.977. The summed E-state index contributed by atoms with van der Waals surface area (Å²) in [6.45, 7) is 4.66. The van der Waals surface area contributed by atoms with E-state index in [4.69, 9.17) is 0 Å². The lowest BCUT2D eigenvalue weighted by atomic mass is 9.84. The Morgan fingerprint density at radius 1 is 1.40 bits per heavy atom. The van der Waals surface area contributed by atoms with Crippen molar-refractivity contribution < 1.29 is 14.7 Å². The molecule has 2 N–H and O–H groups in total. The number of amides is 2. The summed E-state index contributed by atoms with van der Waals surface area (Å²) in [5.41, 5.74) is -0.745. The third-order valence-electron chi connectivity index (χ3n) is 4.91. The lowest BCUT2D eigenvalue weighted by Crippen LogP contribution is -2.49. The summed E-state index contributed by atoms with van der Waals surface area (Å²) >= 11 is 0. The zero-order valence-corrected chi connectivity index (χ0v) is 12.4. The maximum Gasteiger partial charge on any atom is 0.320 e. The summed E-state index contributed by atoms with van der Waals surface area (Å²) in [7, 11) is 1.84. The van der Waals surface area contributed by atoms with Crippen LogP contribution in [0.3, 0.4) is 0 Å². The van der Waals surface area contributed by atoms with Gasteiger partial charge < -0.3 is 20.2 Å². The zero-order chi connectivity index (χ0) is 14.8. The Morgan fingerprint density at radius 3 is 2.55 bits per heavy atom. The molecule has 2 heterocycles. The molecule has 6 nitrogen and oxygen atoms in total. The fraction of sp³-hybridized carbons (Fsp3) is 0.857. The number of aliphatic carboxylic acids is 1. The fourth-order valence-electron chi connectivity index (χ4n) is 3.22. The van der Waals surface area contributed by atoms with Gasteiger partial charge in [-0.05, 0) is 38.8 Å². The SMILES string of the molecule is CCC1(C(=O)O)CCN(C(=O)N(C)C2CCNCC2)C1. The third kappa shape index (κ3) is 2.75. The number of nitrogens with zero attached hydrogens (tertiary/aromatic N) is 2. The first-order valence-corrected chi connectivity index (χ1v) is 7.46. The van der Waals surface area contributed by atoms with Gasteiger partial charge in [-0.2, -0.15) is 0 Å². The van der Waals surface area contributed by atoms with Gasteiger partial charge in [0, 0.05) is 26.2 Å². The first-order chi connectivity index (χ1) is 9.50. The van der Waals surface area contributed by atoms with E-state index in [0.717, 1.165) is 25.9 Å². The third-order valence-corrected chi connectivity index (χ3v) is 4.91. The molecule has 2 saturated heterocycles. The fourth-order valence-corrected chi connectivity index (χ4v) is 3.22. The van der Waals surface area contributed by atoms with Crippen LogP contribution in [0.4, 0.5) is 4.79 Å². The summed E-state index contributed by atoms with van der Waals surface area (Å²) in [5, 5.41) is 12.7. The molecule has 2 aliphatic heterocycles. The number of hydrogen-bond donors (Lipinski definition) is 2. The molecule has 1 atom stereocenters. The van der Waals surface area contributed by atoms with Crippen LogP contribution in [0.2, 0.25) is 0 Å². The highest BCUT2D eigenvalue weighted by atomic mass is 16.4. The molecule has 0 aromatic carbocycles. The van der Waals surface area contributed by atoms with Crippen LogP contribution in [0.1, 0.15) is 32.6 Å². The molecule has 20 heavy (non-hydrogen) atoms. The minimum Gasteiger partial charge on any atom is -0.481 e. The van der Waals surface area contributed by atoms with E-state index in [1.54, 1.807) is 9.80 Å². The summed E-state index contributed by atoms with van der Waals surface area (Å²) in [6.07, 6.45) is 3.07. The van der Waals surface area contributed by atoms with E-state index in [1.165, 1.54) is 0 Å². The summed E-state index contributed by atoms with van der Waals surface area (Å²) in [5.74, 6) is -0.778. The minimum atomic E-state index is -0.778. The molecule has 2 fully saturated rings. The lowest BCUT2D eigenvalue weighted by molar-refractivity contribution is -0.148. The van der Waals surface area contributed by atoms with Gasteiger partial charge in [0.15, 0.2) is 0 Å². The van der Waals surface area contributed by atoms with Crippen molar-refractivity contribution in [1.29, 1.82) is 0 Å². The number of carboxylic acid groups (broad SMARTS) is 1. The quantitative estimate of drug-likeness (QED) is 0.810. The maximum absolute atomic E-state index is 12.5. The van der Waals surface area contributed by atoms with Crippen LogP contribution in [0, 0.1) is 5.41 Å². The highest BCUT2D eigenvalue weighted by molar-refractivity contribution is 5.79. The molecule has 2 amide bonds. The van der Waals surface area contributed by atoms with Crippen molar-refractivity contribution in [2.45, 2.75) is 38.6 Å². The molecule has 114 valence electrons. The van der Waals surface area contributed by atoms with Crippen LogP contribution in [-0.4, -0.2) is 66.2 Å². The number of rotatable bonds is 3. The van der Waals surface area contributed by atoms with Crippen molar-refractivity contribution in [1.82, 2.24) is 15.1 Å². The molecular formula is C14H25N3O3. The van der Waals surface area contributed by atoms with Gasteiger partial charge in [0.05, 0.1) is 5.41 Å². The van der Waals surface area contributed by atoms with Gasteiger partial charge in [0.25, 0.3) is 0 Å². The summed E-state index contributed by atoms with van der Waals surface area (Å²) < 4.78 is 0. The van der Waals surface area contributed by atoms with Crippen LogP contribution in [0.15, 0.2) is 0 Å². The van der Waals surface area contributed by atoms with Crippen LogP contribution in [0.5, 0.6) is 0 Å². The highest BCUT2D eigenvalue weighted by Gasteiger charge is 2.45. The lowest BCUT2D eigenvalue weighted by Gasteiger charge is -2.34. The Balaban J connectivity index is 1.98. The number of likely N-dealkylation sites (tertiary alicyclic amines) is 1. The molecular weight excluding hydrogens is 258 g/mol. The monoisotopic (exact) mass is 283 g/mol. The topological polar surface area (TPSA) is 72.9 Å². The summed E-state index contributed by atoms with van der Waals surface area (Å²) in [6, 6.07) is 0.249. The van der Waals surface area contributed by atoms with Crippen molar-refractivity contribution in [3.05, 3.63) is 0 Å². The number of carbonyl (C=O) groups is 2. The second-order valence-electron chi connectivity index (χ2n) is 5.99. The molecule has 0 spiro atoms. The molecule has 1 unspecified atom stereocenters. The van der Waals surface area contributed by atoms with Gasteiger partial charge in [0.1, 0.15) is 0 Å². The van der Waals surface area contributed by atoms with E-state index in [1.807, 2.05) is 14.0 Å². The number of piperidine rings is 1. The van der Waals surface area contributed by atoms with Crippen molar-refractivity contribution in [2.24, 2.45) is 5.41 Å². The molecule has 0 aromatic rings. The van der Waals surface area contributed by atoms with E-state index in [9.17, 15) is 14.7 Å². The molecule has 0 aromatic heterocycles. The average molecular weight is 283 g/mol. The van der Waals surface area contributed by atoms with E-state index >= 15 is 0 Å². The van der Waals surface area contributed by atoms with Crippen molar-refractivity contribution in [3.8, 4) is 0 Å². The largest absolute Gasteiger partial charge is 0.481 e. The number of nitrogens with one attached hydrogen (secondary N) is 1. The second-order valence-corrected chi connectivity index (χ2v) is 5.99. The van der Waals surface area contributed by atoms with Crippen LogP contribution in [-0.2, 0) is 4.79 Å². The smallest absolute Gasteiger partial charge is 0.320 e. The molecule has 2 aliphatic rings. The number of carboxylic acids is 1. The highest BCUT2D eigenvalue weighted by Crippen LogP contribution is 2.34. The van der Waals surface area contributed by atoms with Gasteiger partial charge in [-0.1, -0.05) is 6.92 Å². The van der Waals surface area contributed by atoms with Gasteiger partial charge in [-0.25, -0.2) is 4.79 Å². The average Bonchev–Trinajstić information content (AvgIpc) is 2.92. The molecule has 0 saturated carbocycles. The number of urea groups is 1. The Bertz CT molecular complexity index is 382. The van der Waals surface area contributed by atoms with Crippen LogP contribution in [0.25, 0.3) is 0 Å². The normalized spacial score (nSPS) is 27.6. The minimum absolute atomic E-state index is 0.0199. The molecule has 0 radical (unpaired) electrons. The molecule has 6 heteroatoms. The molecule has 2 rings (SSSR count). The summed E-state index contributed by atoms with van der Waals surface area (Å²) in [4.78, 5) is 27.5. The van der Waals surface area contributed by atoms with Gasteiger partial charge in [-0.3, -0.25) is 4.79 Å². The molecule has 0 aliphatic carbocycles. The van der Waals surface area contributed by atoms with E-state index in [-0.39, 0.29) is 12.1 Å². The van der Waals surface area contributed by atoms with E-state index in [2.05, 4.69) is 5.32 Å². The van der Waals surface area contributed by atoms with Gasteiger partial charge in [-0.15, -0.1) is 0 Å². The van der Waals surface area contributed by atoms with Crippen molar-refractivity contribution in [2.75, 3.05) is 33.2 Å². The zero-order valence-electron chi connectivity index (χ0n) is 12.4. The Morgan fingerprint density at radius 2 is 2.05 bits per heavy atom. The van der Waals surface area contributed by atoms with E-state index in [0.29, 0.717) is 25.9 Å². The molecule has 0 bridgehead atoms. The van der Waals surface area contributed by atoms with Crippen molar-refractivity contribution in [3.63, 3.8) is 0 Å². The predicted molar refractivity (Wildman–Crippen MR) is 75.6 cm³/mol. The number of carbonyl (C=O) groups excluding carboxylic acids is 1. The first kappa shape index (κ1) is 15.1. The standard InChI is InChI=1S/C14H25N3O3/c1-3-14(12(18)19)6-9-17(10-14)13(20)16(2)11-4-7-15-8-5-11/h11,15H,3-10H2,1-2H3,(H,18,19). The maximum atomic E-state index is 12.5. The van der Waals surface area contributed by atoms with Gasteiger partial charge in [0.2, 0.25) is 0 Å².